The molecule has 1 unspecified atom stereocenters. The Hall–Kier alpha value is -1.13. The summed E-state index contributed by atoms with van der Waals surface area (Å²) in [4.78, 5) is 11.0. The Bertz CT molecular complexity index is 420. The number of halogens is 2. The van der Waals surface area contributed by atoms with Crippen LogP contribution in [0.5, 0.6) is 0 Å². The van der Waals surface area contributed by atoms with Gasteiger partial charge in [0.2, 0.25) is 0 Å². The highest BCUT2D eigenvalue weighted by atomic mass is 35.5. The van der Waals surface area contributed by atoms with E-state index in [1.54, 1.807) is 0 Å². The summed E-state index contributed by atoms with van der Waals surface area (Å²) in [6, 6.07) is 2.96. The second kappa shape index (κ2) is 4.39. The summed E-state index contributed by atoms with van der Waals surface area (Å²) in [6.45, 7) is 2.89. The lowest BCUT2D eigenvalue weighted by Gasteiger charge is -2.27. The van der Waals surface area contributed by atoms with Crippen LogP contribution < -0.4 is 5.73 Å². The number of carboxylic acids is 1. The third-order valence-electron chi connectivity index (χ3n) is 2.62. The van der Waals surface area contributed by atoms with E-state index in [1.165, 1.54) is 32.0 Å². The minimum atomic E-state index is -1.26. The Labute approximate surface area is 98.0 Å². The van der Waals surface area contributed by atoms with Gasteiger partial charge in [-0.15, -0.1) is 0 Å². The first-order chi connectivity index (χ1) is 7.26. The molecule has 1 aromatic carbocycles. The molecule has 5 heteroatoms. The third kappa shape index (κ3) is 2.33. The maximum absolute atomic E-state index is 13.5. The first kappa shape index (κ1) is 12.9. The van der Waals surface area contributed by atoms with Gasteiger partial charge in [-0.25, -0.2) is 4.39 Å². The molecule has 0 aliphatic heterocycles. The molecule has 1 atom stereocenters. The molecule has 0 aliphatic carbocycles. The lowest BCUT2D eigenvalue weighted by Crippen LogP contribution is -2.36. The summed E-state index contributed by atoms with van der Waals surface area (Å²) >= 11 is 5.72. The number of benzene rings is 1. The van der Waals surface area contributed by atoms with Crippen LogP contribution in [-0.2, 0) is 4.79 Å². The van der Waals surface area contributed by atoms with Gasteiger partial charge < -0.3 is 10.8 Å². The summed E-state index contributed by atoms with van der Waals surface area (Å²) in [6.07, 6.45) is 0. The second-order valence-corrected chi connectivity index (χ2v) is 4.61. The number of nitrogens with two attached hydrogens (primary N) is 1. The van der Waals surface area contributed by atoms with Crippen LogP contribution in [0.15, 0.2) is 18.2 Å². The summed E-state index contributed by atoms with van der Waals surface area (Å²) in [5.41, 5.74) is 4.62. The predicted molar refractivity (Wildman–Crippen MR) is 59.8 cm³/mol. The van der Waals surface area contributed by atoms with Gasteiger partial charge in [0.05, 0.1) is 5.41 Å². The van der Waals surface area contributed by atoms with Crippen molar-refractivity contribution in [2.75, 3.05) is 0 Å². The zero-order chi connectivity index (χ0) is 12.5. The maximum atomic E-state index is 13.5. The largest absolute Gasteiger partial charge is 0.481 e. The van der Waals surface area contributed by atoms with Gasteiger partial charge in [0.25, 0.3) is 0 Å². The second-order valence-electron chi connectivity index (χ2n) is 4.17. The van der Waals surface area contributed by atoms with E-state index in [-0.39, 0.29) is 5.56 Å². The molecular formula is C11H13ClFNO2. The van der Waals surface area contributed by atoms with Crippen molar-refractivity contribution in [1.29, 1.82) is 0 Å². The molecule has 0 aliphatic rings. The molecule has 0 fully saturated rings. The van der Waals surface area contributed by atoms with Gasteiger partial charge in [-0.1, -0.05) is 11.6 Å². The van der Waals surface area contributed by atoms with Gasteiger partial charge in [-0.05, 0) is 32.0 Å². The van der Waals surface area contributed by atoms with E-state index >= 15 is 0 Å². The third-order valence-corrected chi connectivity index (χ3v) is 2.86. The Morgan fingerprint density at radius 3 is 2.62 bits per heavy atom. The van der Waals surface area contributed by atoms with Crippen LogP contribution in [0.2, 0.25) is 5.02 Å². The summed E-state index contributed by atoms with van der Waals surface area (Å²) in [5.74, 6) is -1.63. The first-order valence-corrected chi connectivity index (χ1v) is 5.08. The molecule has 0 radical (unpaired) electrons. The Morgan fingerprint density at radius 2 is 2.12 bits per heavy atom. The van der Waals surface area contributed by atoms with Gasteiger partial charge in [-0.2, -0.15) is 0 Å². The van der Waals surface area contributed by atoms with Crippen molar-refractivity contribution in [3.63, 3.8) is 0 Å². The Balaban J connectivity index is 3.19. The van der Waals surface area contributed by atoms with Crippen LogP contribution in [0.3, 0.4) is 0 Å². The number of carboxylic acid groups (broad SMARTS) is 1. The average Bonchev–Trinajstić information content (AvgIpc) is 2.20. The predicted octanol–water partition coefficient (Wildman–Crippen LogP) is 2.59. The molecule has 0 spiro atoms. The number of hydrogen-bond donors (Lipinski definition) is 2. The van der Waals surface area contributed by atoms with Crippen molar-refractivity contribution in [2.24, 2.45) is 11.1 Å². The number of hydrogen-bond acceptors (Lipinski definition) is 2. The van der Waals surface area contributed by atoms with Crippen molar-refractivity contribution in [3.8, 4) is 0 Å². The van der Waals surface area contributed by atoms with Gasteiger partial charge in [0.15, 0.2) is 0 Å². The molecule has 0 bridgehead atoms. The highest BCUT2D eigenvalue weighted by Crippen LogP contribution is 2.33. The molecule has 88 valence electrons. The van der Waals surface area contributed by atoms with E-state index < -0.39 is 23.2 Å². The molecule has 0 heterocycles. The average molecular weight is 246 g/mol. The van der Waals surface area contributed by atoms with E-state index in [0.717, 1.165) is 0 Å². The van der Waals surface area contributed by atoms with Gasteiger partial charge in [-0.3, -0.25) is 4.79 Å². The van der Waals surface area contributed by atoms with Crippen molar-refractivity contribution in [2.45, 2.75) is 19.9 Å². The zero-order valence-electron chi connectivity index (χ0n) is 9.00. The van der Waals surface area contributed by atoms with E-state index in [1.807, 2.05) is 0 Å². The Kier molecular flexibility index (Phi) is 3.55. The lowest BCUT2D eigenvalue weighted by molar-refractivity contribution is -0.148. The quantitative estimate of drug-likeness (QED) is 0.860. The van der Waals surface area contributed by atoms with Crippen LogP contribution in [0.25, 0.3) is 0 Å². The monoisotopic (exact) mass is 245 g/mol. The SMILES string of the molecule is CC(C)(C(=O)O)C(N)c1cc(Cl)ccc1F. The standard InChI is InChI=1S/C11H13ClFNO2/c1-11(2,10(15)16)9(14)7-5-6(12)3-4-8(7)13/h3-5,9H,14H2,1-2H3,(H,15,16). The van der Waals surface area contributed by atoms with E-state index in [2.05, 4.69) is 0 Å². The van der Waals surface area contributed by atoms with Crippen LogP contribution in [0.4, 0.5) is 4.39 Å². The van der Waals surface area contributed by atoms with Crippen LogP contribution in [0.1, 0.15) is 25.5 Å². The highest BCUT2D eigenvalue weighted by Gasteiger charge is 2.36. The molecule has 16 heavy (non-hydrogen) atoms. The smallest absolute Gasteiger partial charge is 0.311 e. The minimum Gasteiger partial charge on any atom is -0.481 e. The Morgan fingerprint density at radius 1 is 1.56 bits per heavy atom. The molecule has 0 saturated heterocycles. The number of carbonyl (C=O) groups is 1. The van der Waals surface area contributed by atoms with E-state index in [0.29, 0.717) is 5.02 Å². The zero-order valence-corrected chi connectivity index (χ0v) is 9.75. The molecule has 3 N–H and O–H groups in total. The van der Waals surface area contributed by atoms with Crippen LogP contribution in [-0.4, -0.2) is 11.1 Å². The van der Waals surface area contributed by atoms with Crippen LogP contribution >= 0.6 is 11.6 Å². The van der Waals surface area contributed by atoms with Gasteiger partial charge in [0.1, 0.15) is 5.82 Å². The number of rotatable bonds is 3. The molecule has 0 amide bonds. The summed E-state index contributed by atoms with van der Waals surface area (Å²) in [7, 11) is 0. The van der Waals surface area contributed by atoms with Crippen molar-refractivity contribution in [3.05, 3.63) is 34.6 Å². The van der Waals surface area contributed by atoms with Crippen molar-refractivity contribution >= 4 is 17.6 Å². The highest BCUT2D eigenvalue weighted by molar-refractivity contribution is 6.30. The molecule has 1 rings (SSSR count). The van der Waals surface area contributed by atoms with Crippen molar-refractivity contribution < 1.29 is 14.3 Å². The normalized spacial score (nSPS) is 13.6. The fraction of sp³-hybridized carbons (Fsp3) is 0.364. The summed E-state index contributed by atoms with van der Waals surface area (Å²) < 4.78 is 13.5. The molecule has 0 saturated carbocycles. The fourth-order valence-electron chi connectivity index (χ4n) is 1.27. The van der Waals surface area contributed by atoms with Gasteiger partial charge in [0, 0.05) is 16.6 Å². The number of aliphatic carboxylic acids is 1. The van der Waals surface area contributed by atoms with Gasteiger partial charge >= 0.3 is 5.97 Å². The maximum Gasteiger partial charge on any atom is 0.311 e. The summed E-state index contributed by atoms with van der Waals surface area (Å²) in [5, 5.41) is 9.32. The molecule has 0 aromatic heterocycles. The van der Waals surface area contributed by atoms with E-state index in [9.17, 15) is 9.18 Å². The fourth-order valence-corrected chi connectivity index (χ4v) is 1.46. The van der Waals surface area contributed by atoms with E-state index in [4.69, 9.17) is 22.4 Å². The lowest BCUT2D eigenvalue weighted by atomic mass is 9.81. The van der Waals surface area contributed by atoms with Crippen molar-refractivity contribution in [1.82, 2.24) is 0 Å². The topological polar surface area (TPSA) is 63.3 Å². The molecular weight excluding hydrogens is 233 g/mol. The first-order valence-electron chi connectivity index (χ1n) is 4.70. The molecule has 3 nitrogen and oxygen atoms in total. The molecule has 1 aromatic rings. The minimum absolute atomic E-state index is 0.111. The van der Waals surface area contributed by atoms with Crippen LogP contribution in [0, 0.1) is 11.2 Å².